The van der Waals surface area contributed by atoms with Gasteiger partial charge >= 0.3 is 0 Å². The van der Waals surface area contributed by atoms with Crippen LogP contribution in [0.4, 0.5) is 0 Å². The minimum Gasteiger partial charge on any atom is -0.486 e. The van der Waals surface area contributed by atoms with E-state index in [0.29, 0.717) is 6.10 Å². The molecular weight excluding hydrogens is 268 g/mol. The molecule has 1 aliphatic rings. The van der Waals surface area contributed by atoms with Gasteiger partial charge in [-0.25, -0.2) is 0 Å². The first-order chi connectivity index (χ1) is 7.44. The molecule has 1 aliphatic carbocycles. The molecule has 0 aliphatic heterocycles. The van der Waals surface area contributed by atoms with Gasteiger partial charge < -0.3 is 9.47 Å². The maximum Gasteiger partial charge on any atom is 0.162 e. The van der Waals surface area contributed by atoms with Crippen molar-refractivity contribution in [1.29, 1.82) is 0 Å². The molecule has 0 N–H and O–H groups in total. The maximum atomic E-state index is 5.87. The number of ether oxygens (including phenoxy) is 2. The lowest BCUT2D eigenvalue weighted by atomic mass is 10.2. The molecule has 0 heterocycles. The highest BCUT2D eigenvalue weighted by atomic mass is 79.9. The SMILES string of the molecule is CC(C)(C)Oc1ccc(Br)cc1OC1CC1. The quantitative estimate of drug-likeness (QED) is 0.830. The molecule has 0 radical (unpaired) electrons. The minimum absolute atomic E-state index is 0.199. The Kier molecular flexibility index (Phi) is 3.15. The summed E-state index contributed by atoms with van der Waals surface area (Å²) in [4.78, 5) is 0. The fourth-order valence-corrected chi connectivity index (χ4v) is 1.69. The molecular formula is C13H17BrO2. The Labute approximate surface area is 105 Å². The molecule has 1 aromatic carbocycles. The summed E-state index contributed by atoms with van der Waals surface area (Å²) >= 11 is 3.45. The van der Waals surface area contributed by atoms with E-state index in [1.165, 1.54) is 0 Å². The monoisotopic (exact) mass is 284 g/mol. The van der Waals surface area contributed by atoms with Crippen LogP contribution in [0, 0.1) is 0 Å². The van der Waals surface area contributed by atoms with Crippen LogP contribution in [0.5, 0.6) is 11.5 Å². The van der Waals surface area contributed by atoms with Gasteiger partial charge in [0.2, 0.25) is 0 Å². The first kappa shape index (κ1) is 11.8. The molecule has 1 fully saturated rings. The molecule has 0 amide bonds. The van der Waals surface area contributed by atoms with Gasteiger partial charge in [-0.15, -0.1) is 0 Å². The van der Waals surface area contributed by atoms with Gasteiger partial charge in [-0.2, -0.15) is 0 Å². The zero-order chi connectivity index (χ0) is 11.8. The van der Waals surface area contributed by atoms with Gasteiger partial charge in [0.15, 0.2) is 11.5 Å². The van der Waals surface area contributed by atoms with Gasteiger partial charge in [-0.1, -0.05) is 15.9 Å². The summed E-state index contributed by atoms with van der Waals surface area (Å²) in [5, 5.41) is 0. The Balaban J connectivity index is 2.20. The highest BCUT2D eigenvalue weighted by molar-refractivity contribution is 9.10. The number of halogens is 1. The number of rotatable bonds is 3. The number of hydrogen-bond acceptors (Lipinski definition) is 2. The van der Waals surface area contributed by atoms with E-state index in [2.05, 4.69) is 15.9 Å². The largest absolute Gasteiger partial charge is 0.486 e. The predicted octanol–water partition coefficient (Wildman–Crippen LogP) is 4.17. The smallest absolute Gasteiger partial charge is 0.162 e. The summed E-state index contributed by atoms with van der Waals surface area (Å²) in [5.41, 5.74) is -0.199. The van der Waals surface area contributed by atoms with Crippen LogP contribution in [0.15, 0.2) is 22.7 Å². The van der Waals surface area contributed by atoms with E-state index < -0.39 is 0 Å². The fourth-order valence-electron chi connectivity index (χ4n) is 1.35. The number of hydrogen-bond donors (Lipinski definition) is 0. The van der Waals surface area contributed by atoms with E-state index in [4.69, 9.17) is 9.47 Å². The highest BCUT2D eigenvalue weighted by Crippen LogP contribution is 2.37. The molecule has 0 atom stereocenters. The lowest BCUT2D eigenvalue weighted by molar-refractivity contribution is 0.122. The summed E-state index contributed by atoms with van der Waals surface area (Å²) in [5.74, 6) is 1.66. The zero-order valence-corrected chi connectivity index (χ0v) is 11.5. The lowest BCUT2D eigenvalue weighted by Crippen LogP contribution is -2.23. The van der Waals surface area contributed by atoms with E-state index in [9.17, 15) is 0 Å². The molecule has 1 aromatic rings. The average molecular weight is 285 g/mol. The second kappa shape index (κ2) is 4.28. The van der Waals surface area contributed by atoms with Gasteiger partial charge in [-0.3, -0.25) is 0 Å². The molecule has 2 rings (SSSR count). The molecule has 0 spiro atoms. The Morgan fingerprint density at radius 1 is 1.19 bits per heavy atom. The average Bonchev–Trinajstić information content (AvgIpc) is 2.91. The summed E-state index contributed by atoms with van der Waals surface area (Å²) in [6, 6.07) is 5.90. The van der Waals surface area contributed by atoms with Crippen molar-refractivity contribution in [3.63, 3.8) is 0 Å². The second-order valence-corrected chi connectivity index (χ2v) is 6.04. The van der Waals surface area contributed by atoms with Crippen molar-refractivity contribution >= 4 is 15.9 Å². The van der Waals surface area contributed by atoms with E-state index in [1.54, 1.807) is 0 Å². The molecule has 88 valence electrons. The van der Waals surface area contributed by atoms with Crippen LogP contribution >= 0.6 is 15.9 Å². The summed E-state index contributed by atoms with van der Waals surface area (Å²) in [6.07, 6.45) is 2.69. The summed E-state index contributed by atoms with van der Waals surface area (Å²) in [6.45, 7) is 6.11. The van der Waals surface area contributed by atoms with Crippen LogP contribution in [-0.4, -0.2) is 11.7 Å². The van der Waals surface area contributed by atoms with E-state index in [-0.39, 0.29) is 5.60 Å². The van der Waals surface area contributed by atoms with Crippen molar-refractivity contribution in [2.45, 2.75) is 45.3 Å². The van der Waals surface area contributed by atoms with Gasteiger partial charge in [0, 0.05) is 4.47 Å². The van der Waals surface area contributed by atoms with E-state index >= 15 is 0 Å². The normalized spacial score (nSPS) is 16.0. The van der Waals surface area contributed by atoms with Crippen molar-refractivity contribution in [3.8, 4) is 11.5 Å². The third kappa shape index (κ3) is 3.41. The standard InChI is InChI=1S/C13H17BrO2/c1-13(2,3)16-11-7-4-9(14)8-12(11)15-10-5-6-10/h4,7-8,10H,5-6H2,1-3H3. The summed E-state index contributed by atoms with van der Waals surface area (Å²) < 4.78 is 12.7. The molecule has 1 saturated carbocycles. The third-order valence-corrected chi connectivity index (χ3v) is 2.63. The van der Waals surface area contributed by atoms with Gasteiger partial charge in [0.1, 0.15) is 5.60 Å². The van der Waals surface area contributed by atoms with Crippen molar-refractivity contribution < 1.29 is 9.47 Å². The second-order valence-electron chi connectivity index (χ2n) is 5.12. The molecule has 16 heavy (non-hydrogen) atoms. The van der Waals surface area contributed by atoms with Crippen LogP contribution in [-0.2, 0) is 0 Å². The van der Waals surface area contributed by atoms with Crippen molar-refractivity contribution in [3.05, 3.63) is 22.7 Å². The predicted molar refractivity (Wildman–Crippen MR) is 68.2 cm³/mol. The molecule has 2 nitrogen and oxygen atoms in total. The Hall–Kier alpha value is -0.700. The molecule has 0 bridgehead atoms. The Morgan fingerprint density at radius 3 is 2.44 bits per heavy atom. The maximum absolute atomic E-state index is 5.87. The fraction of sp³-hybridized carbons (Fsp3) is 0.538. The third-order valence-electron chi connectivity index (χ3n) is 2.14. The highest BCUT2D eigenvalue weighted by Gasteiger charge is 2.26. The van der Waals surface area contributed by atoms with Crippen LogP contribution in [0.1, 0.15) is 33.6 Å². The minimum atomic E-state index is -0.199. The van der Waals surface area contributed by atoms with Crippen molar-refractivity contribution in [2.75, 3.05) is 0 Å². The van der Waals surface area contributed by atoms with E-state index in [1.807, 2.05) is 39.0 Å². The molecule has 0 aromatic heterocycles. The zero-order valence-electron chi connectivity index (χ0n) is 9.92. The molecule has 3 heteroatoms. The van der Waals surface area contributed by atoms with Crippen LogP contribution in [0.25, 0.3) is 0 Å². The molecule has 0 saturated heterocycles. The van der Waals surface area contributed by atoms with Gasteiger partial charge in [0.05, 0.1) is 6.10 Å². The van der Waals surface area contributed by atoms with Crippen LogP contribution in [0.2, 0.25) is 0 Å². The van der Waals surface area contributed by atoms with E-state index in [0.717, 1.165) is 28.8 Å². The van der Waals surface area contributed by atoms with Crippen LogP contribution < -0.4 is 9.47 Å². The topological polar surface area (TPSA) is 18.5 Å². The Bertz CT molecular complexity index is 378. The number of benzene rings is 1. The Morgan fingerprint density at radius 2 is 1.88 bits per heavy atom. The first-order valence-corrected chi connectivity index (χ1v) is 6.38. The van der Waals surface area contributed by atoms with Gasteiger partial charge in [-0.05, 0) is 51.8 Å². The summed E-state index contributed by atoms with van der Waals surface area (Å²) in [7, 11) is 0. The van der Waals surface area contributed by atoms with Crippen molar-refractivity contribution in [1.82, 2.24) is 0 Å². The van der Waals surface area contributed by atoms with Crippen molar-refractivity contribution in [2.24, 2.45) is 0 Å². The first-order valence-electron chi connectivity index (χ1n) is 5.59. The molecule has 0 unspecified atom stereocenters. The van der Waals surface area contributed by atoms with Gasteiger partial charge in [0.25, 0.3) is 0 Å². The lowest BCUT2D eigenvalue weighted by Gasteiger charge is -2.23. The van der Waals surface area contributed by atoms with Crippen LogP contribution in [0.3, 0.4) is 0 Å².